The Bertz CT molecular complexity index is 582. The third-order valence-corrected chi connectivity index (χ3v) is 3.21. The quantitative estimate of drug-likeness (QED) is 0.804. The maximum Gasteiger partial charge on any atom is 0.0700 e. The zero-order valence-corrected chi connectivity index (χ0v) is 12.1. The van der Waals surface area contributed by atoms with E-state index in [1.165, 1.54) is 16.7 Å². The van der Waals surface area contributed by atoms with Crippen LogP contribution in [-0.2, 0) is 0 Å². The largest absolute Gasteiger partial charge is 0.379 e. The fourth-order valence-corrected chi connectivity index (χ4v) is 2.19. The molecule has 20 heavy (non-hydrogen) atoms. The van der Waals surface area contributed by atoms with E-state index in [2.05, 4.69) is 73.4 Å². The van der Waals surface area contributed by atoms with E-state index in [9.17, 15) is 0 Å². The summed E-state index contributed by atoms with van der Waals surface area (Å²) in [5.74, 6) is 0. The molecule has 0 saturated carbocycles. The number of allylic oxidation sites excluding steroid dienone is 2. The van der Waals surface area contributed by atoms with Gasteiger partial charge in [0.15, 0.2) is 0 Å². The molecule has 0 bridgehead atoms. The Balaban J connectivity index is 2.30. The normalized spacial score (nSPS) is 12.8. The first-order valence-electron chi connectivity index (χ1n) is 6.87. The van der Waals surface area contributed by atoms with Gasteiger partial charge in [-0.05, 0) is 30.5 Å². The van der Waals surface area contributed by atoms with Gasteiger partial charge in [-0.15, -0.1) is 0 Å². The zero-order chi connectivity index (χ0) is 14.4. The Morgan fingerprint density at radius 3 is 2.05 bits per heavy atom. The average Bonchev–Trinajstić information content (AvgIpc) is 2.48. The molecule has 102 valence electrons. The van der Waals surface area contributed by atoms with Crippen LogP contribution in [0.1, 0.15) is 31.0 Å². The monoisotopic (exact) mass is 263 g/mol. The summed E-state index contributed by atoms with van der Waals surface area (Å²) in [4.78, 5) is 0. The Labute approximate surface area is 121 Å². The third-order valence-electron chi connectivity index (χ3n) is 3.21. The van der Waals surface area contributed by atoms with Gasteiger partial charge >= 0.3 is 0 Å². The van der Waals surface area contributed by atoms with Gasteiger partial charge in [0.1, 0.15) is 0 Å². The maximum atomic E-state index is 3.96. The molecule has 0 radical (unpaired) electrons. The topological polar surface area (TPSA) is 12.0 Å². The lowest BCUT2D eigenvalue weighted by molar-refractivity contribution is 0.718. The highest BCUT2D eigenvalue weighted by atomic mass is 14.9. The van der Waals surface area contributed by atoms with Crippen LogP contribution in [0.4, 0.5) is 0 Å². The second-order valence-corrected chi connectivity index (χ2v) is 5.03. The first-order valence-corrected chi connectivity index (χ1v) is 6.87. The molecule has 2 aromatic carbocycles. The van der Waals surface area contributed by atoms with Gasteiger partial charge in [0, 0.05) is 5.70 Å². The highest BCUT2D eigenvalue weighted by Gasteiger charge is 2.08. The second kappa shape index (κ2) is 6.76. The van der Waals surface area contributed by atoms with E-state index in [0.717, 1.165) is 5.70 Å². The first kappa shape index (κ1) is 14.1. The number of benzene rings is 2. The number of rotatable bonds is 5. The number of hydrogen-bond donors (Lipinski definition) is 1. The molecule has 0 spiro atoms. The smallest absolute Gasteiger partial charge is 0.0700 e. The van der Waals surface area contributed by atoms with Crippen molar-refractivity contribution in [1.29, 1.82) is 0 Å². The Hall–Kier alpha value is -2.28. The molecular weight excluding hydrogens is 242 g/mol. The van der Waals surface area contributed by atoms with Crippen LogP contribution in [-0.4, -0.2) is 0 Å². The minimum absolute atomic E-state index is 0.147. The summed E-state index contributed by atoms with van der Waals surface area (Å²) in [6, 6.07) is 21.0. The predicted octanol–water partition coefficient (Wildman–Crippen LogP) is 4.95. The van der Waals surface area contributed by atoms with Crippen molar-refractivity contribution in [3.63, 3.8) is 0 Å². The molecule has 0 fully saturated rings. The minimum atomic E-state index is 0.147. The SMILES string of the molecule is C=C(C)NC(/C=C(\C)c1ccccc1)c1ccccc1. The van der Waals surface area contributed by atoms with Gasteiger partial charge in [-0.25, -0.2) is 0 Å². The summed E-state index contributed by atoms with van der Waals surface area (Å²) in [5, 5.41) is 3.43. The van der Waals surface area contributed by atoms with Crippen LogP contribution in [0.2, 0.25) is 0 Å². The van der Waals surface area contributed by atoms with Crippen molar-refractivity contribution in [2.75, 3.05) is 0 Å². The Morgan fingerprint density at radius 1 is 0.950 bits per heavy atom. The lowest BCUT2D eigenvalue weighted by atomic mass is 10.0. The fraction of sp³-hybridized carbons (Fsp3) is 0.158. The van der Waals surface area contributed by atoms with Crippen LogP contribution in [0, 0.1) is 0 Å². The molecule has 1 atom stereocenters. The zero-order valence-electron chi connectivity index (χ0n) is 12.1. The minimum Gasteiger partial charge on any atom is -0.379 e. The molecule has 0 aliphatic carbocycles. The molecule has 1 nitrogen and oxygen atoms in total. The molecule has 2 rings (SSSR count). The number of hydrogen-bond acceptors (Lipinski definition) is 1. The third kappa shape index (κ3) is 3.86. The Morgan fingerprint density at radius 2 is 1.50 bits per heavy atom. The van der Waals surface area contributed by atoms with Crippen molar-refractivity contribution < 1.29 is 0 Å². The predicted molar refractivity (Wildman–Crippen MR) is 87.2 cm³/mol. The van der Waals surface area contributed by atoms with Crippen molar-refractivity contribution in [2.45, 2.75) is 19.9 Å². The summed E-state index contributed by atoms with van der Waals surface area (Å²) >= 11 is 0. The van der Waals surface area contributed by atoms with Gasteiger partial charge in [-0.1, -0.05) is 73.3 Å². The molecule has 0 heterocycles. The summed E-state index contributed by atoms with van der Waals surface area (Å²) in [5.41, 5.74) is 4.71. The van der Waals surface area contributed by atoms with Crippen LogP contribution in [0.5, 0.6) is 0 Å². The summed E-state index contributed by atoms with van der Waals surface area (Å²) in [6.45, 7) is 8.09. The van der Waals surface area contributed by atoms with Crippen LogP contribution in [0.25, 0.3) is 5.57 Å². The van der Waals surface area contributed by atoms with E-state index in [1.807, 2.05) is 19.1 Å². The van der Waals surface area contributed by atoms with Gasteiger partial charge in [0.05, 0.1) is 6.04 Å². The van der Waals surface area contributed by atoms with Crippen LogP contribution in [0.15, 0.2) is 79.0 Å². The van der Waals surface area contributed by atoms with Crippen LogP contribution in [0.3, 0.4) is 0 Å². The van der Waals surface area contributed by atoms with Gasteiger partial charge in [0.2, 0.25) is 0 Å². The molecular formula is C19H21N. The molecule has 0 aromatic heterocycles. The van der Waals surface area contributed by atoms with Crippen molar-refractivity contribution in [2.24, 2.45) is 0 Å². The molecule has 0 saturated heterocycles. The standard InChI is InChI=1S/C19H21N/c1-15(2)20-19(18-12-8-5-9-13-18)14-16(3)17-10-6-4-7-11-17/h4-14,19-20H,1H2,2-3H3/b16-14+. The molecule has 0 aliphatic rings. The molecule has 2 aromatic rings. The molecule has 0 aliphatic heterocycles. The first-order chi connectivity index (χ1) is 9.66. The highest BCUT2D eigenvalue weighted by molar-refractivity contribution is 5.64. The lowest BCUT2D eigenvalue weighted by Crippen LogP contribution is -2.17. The lowest BCUT2D eigenvalue weighted by Gasteiger charge is -2.18. The van der Waals surface area contributed by atoms with E-state index >= 15 is 0 Å². The van der Waals surface area contributed by atoms with Crippen LogP contribution < -0.4 is 5.32 Å². The fourth-order valence-electron chi connectivity index (χ4n) is 2.19. The summed E-state index contributed by atoms with van der Waals surface area (Å²) in [7, 11) is 0. The van der Waals surface area contributed by atoms with E-state index in [0.29, 0.717) is 0 Å². The van der Waals surface area contributed by atoms with Gasteiger partial charge in [-0.3, -0.25) is 0 Å². The van der Waals surface area contributed by atoms with Crippen molar-refractivity contribution in [3.8, 4) is 0 Å². The van der Waals surface area contributed by atoms with E-state index in [4.69, 9.17) is 0 Å². The van der Waals surface area contributed by atoms with Gasteiger partial charge in [-0.2, -0.15) is 0 Å². The number of nitrogens with one attached hydrogen (secondary N) is 1. The second-order valence-electron chi connectivity index (χ2n) is 5.03. The molecule has 1 unspecified atom stereocenters. The van der Waals surface area contributed by atoms with Crippen molar-refractivity contribution >= 4 is 5.57 Å². The summed E-state index contributed by atoms with van der Waals surface area (Å²) in [6.07, 6.45) is 2.25. The highest BCUT2D eigenvalue weighted by Crippen LogP contribution is 2.21. The average molecular weight is 263 g/mol. The van der Waals surface area contributed by atoms with E-state index in [-0.39, 0.29) is 6.04 Å². The van der Waals surface area contributed by atoms with Gasteiger partial charge in [0.25, 0.3) is 0 Å². The van der Waals surface area contributed by atoms with Crippen LogP contribution >= 0.6 is 0 Å². The molecule has 1 N–H and O–H groups in total. The Kier molecular flexibility index (Phi) is 4.78. The van der Waals surface area contributed by atoms with Crippen molar-refractivity contribution in [3.05, 3.63) is 90.1 Å². The molecule has 1 heteroatoms. The summed E-state index contributed by atoms with van der Waals surface area (Å²) < 4.78 is 0. The van der Waals surface area contributed by atoms with E-state index in [1.54, 1.807) is 0 Å². The van der Waals surface area contributed by atoms with Crippen molar-refractivity contribution in [1.82, 2.24) is 5.32 Å². The molecule has 0 amide bonds. The maximum absolute atomic E-state index is 3.96. The van der Waals surface area contributed by atoms with Gasteiger partial charge < -0.3 is 5.32 Å². The van der Waals surface area contributed by atoms with E-state index < -0.39 is 0 Å².